The average molecular weight is 608 g/mol. The fourth-order valence-corrected chi connectivity index (χ4v) is 4.90. The number of phosphoric acid groups is 1. The minimum atomic E-state index is -4.50. The molecule has 11 heteroatoms. The van der Waals surface area contributed by atoms with Crippen LogP contribution in [0.5, 0.6) is 5.75 Å². The van der Waals surface area contributed by atoms with E-state index < -0.39 is 26.4 Å². The smallest absolute Gasteiger partial charge is 0.472 e. The highest BCUT2D eigenvalue weighted by molar-refractivity contribution is 7.47. The van der Waals surface area contributed by atoms with Gasteiger partial charge in [-0.25, -0.2) is 4.57 Å². The molecule has 42 heavy (non-hydrogen) atoms. The van der Waals surface area contributed by atoms with Crippen LogP contribution in [-0.2, 0) is 47.6 Å². The number of carboxylic acids is 1. The molecule has 4 N–H and O–H groups in total. The summed E-state index contributed by atoms with van der Waals surface area (Å²) in [6, 6.07) is 13.1. The van der Waals surface area contributed by atoms with Gasteiger partial charge in [0.1, 0.15) is 18.4 Å². The van der Waals surface area contributed by atoms with Crippen molar-refractivity contribution in [3.8, 4) is 5.75 Å². The molecule has 0 spiro atoms. The van der Waals surface area contributed by atoms with Crippen LogP contribution in [-0.4, -0.2) is 41.2 Å². The molecule has 0 saturated heterocycles. The highest BCUT2D eigenvalue weighted by Gasteiger charge is 2.24. The Hall–Kier alpha value is -2.75. The van der Waals surface area contributed by atoms with Crippen molar-refractivity contribution in [1.29, 1.82) is 0 Å². The predicted octanol–water partition coefficient (Wildman–Crippen LogP) is 6.32. The van der Waals surface area contributed by atoms with Gasteiger partial charge < -0.3 is 25.2 Å². The van der Waals surface area contributed by atoms with Crippen molar-refractivity contribution in [3.63, 3.8) is 0 Å². The first-order valence-electron chi connectivity index (χ1n) is 14.7. The van der Waals surface area contributed by atoms with Crippen LogP contribution in [0.2, 0.25) is 0 Å². The molecule has 0 amide bonds. The normalized spacial score (nSPS) is 13.3. The van der Waals surface area contributed by atoms with E-state index in [9.17, 15) is 19.0 Å². The first-order valence-corrected chi connectivity index (χ1v) is 16.2. The van der Waals surface area contributed by atoms with E-state index in [-0.39, 0.29) is 25.6 Å². The van der Waals surface area contributed by atoms with Gasteiger partial charge in [-0.3, -0.25) is 18.6 Å². The minimum Gasteiger partial charge on any atom is -0.493 e. The van der Waals surface area contributed by atoms with E-state index in [1.54, 1.807) is 24.3 Å². The van der Waals surface area contributed by atoms with Crippen molar-refractivity contribution in [2.75, 3.05) is 13.2 Å². The summed E-state index contributed by atoms with van der Waals surface area (Å²) in [5.74, 6) is -0.916. The number of aliphatic carboxylic acids is 1. The van der Waals surface area contributed by atoms with Crippen LogP contribution in [0.3, 0.4) is 0 Å². The third-order valence-corrected chi connectivity index (χ3v) is 7.53. The van der Waals surface area contributed by atoms with E-state index in [1.165, 1.54) is 44.9 Å². The number of unbranched alkanes of at least 4 members (excludes halogenated alkanes) is 8. The first-order chi connectivity index (χ1) is 20.2. The van der Waals surface area contributed by atoms with Crippen molar-refractivity contribution >= 4 is 19.8 Å². The van der Waals surface area contributed by atoms with Gasteiger partial charge in [0.2, 0.25) is 0 Å². The third kappa shape index (κ3) is 15.5. The number of carboxylic acid groups (broad SMARTS) is 1. The maximum Gasteiger partial charge on any atom is 0.472 e. The molecule has 0 fully saturated rings. The number of ether oxygens (including phenoxy) is 2. The summed E-state index contributed by atoms with van der Waals surface area (Å²) in [5.41, 5.74) is 7.44. The summed E-state index contributed by atoms with van der Waals surface area (Å²) in [6.45, 7) is 1.98. The lowest BCUT2D eigenvalue weighted by molar-refractivity contribution is -0.145. The molecular weight excluding hydrogens is 561 g/mol. The highest BCUT2D eigenvalue weighted by Crippen LogP contribution is 2.44. The van der Waals surface area contributed by atoms with Crippen molar-refractivity contribution in [2.24, 2.45) is 5.73 Å². The third-order valence-electron chi connectivity index (χ3n) is 6.60. The van der Waals surface area contributed by atoms with E-state index in [1.807, 2.05) is 24.3 Å². The van der Waals surface area contributed by atoms with Gasteiger partial charge in [-0.1, -0.05) is 101 Å². The van der Waals surface area contributed by atoms with Crippen LogP contribution < -0.4 is 10.5 Å². The van der Waals surface area contributed by atoms with Gasteiger partial charge in [-0.05, 0) is 35.6 Å². The van der Waals surface area contributed by atoms with Crippen LogP contribution in [0.1, 0.15) is 87.8 Å². The van der Waals surface area contributed by atoms with E-state index >= 15 is 0 Å². The average Bonchev–Trinajstić information content (AvgIpc) is 2.98. The van der Waals surface area contributed by atoms with Crippen LogP contribution in [0.15, 0.2) is 48.5 Å². The molecule has 0 aliphatic heterocycles. The molecule has 0 heterocycles. The molecule has 0 aliphatic carbocycles. The van der Waals surface area contributed by atoms with Crippen molar-refractivity contribution in [3.05, 3.63) is 65.2 Å². The molecule has 234 valence electrons. The van der Waals surface area contributed by atoms with E-state index in [2.05, 4.69) is 11.4 Å². The Balaban J connectivity index is 1.69. The SMILES string of the molecule is CCCCCCCCCCCOc1ccccc1CCC(=O)OCc1cccc(COP(=O)(O)OCC(N)C(=O)O)c1. The fourth-order valence-electron chi connectivity index (χ4n) is 4.17. The maximum atomic E-state index is 12.4. The summed E-state index contributed by atoms with van der Waals surface area (Å²) in [7, 11) is -4.50. The number of aryl methyl sites for hydroxylation is 1. The van der Waals surface area contributed by atoms with Gasteiger partial charge >= 0.3 is 19.8 Å². The molecule has 2 rings (SSSR count). The number of nitrogens with two attached hydrogens (primary N) is 1. The Morgan fingerprint density at radius 2 is 1.52 bits per heavy atom. The Morgan fingerprint density at radius 3 is 2.21 bits per heavy atom. The summed E-state index contributed by atoms with van der Waals surface area (Å²) >= 11 is 0. The number of benzene rings is 2. The van der Waals surface area contributed by atoms with Crippen LogP contribution in [0.25, 0.3) is 0 Å². The number of esters is 1. The lowest BCUT2D eigenvalue weighted by atomic mass is 10.1. The molecule has 0 aromatic heterocycles. The summed E-state index contributed by atoms with van der Waals surface area (Å²) in [5, 5.41) is 8.74. The Morgan fingerprint density at radius 1 is 0.881 bits per heavy atom. The van der Waals surface area contributed by atoms with Crippen molar-refractivity contribution in [2.45, 2.75) is 96.8 Å². The Labute approximate surface area is 249 Å². The van der Waals surface area contributed by atoms with Crippen molar-refractivity contribution < 1.29 is 42.7 Å². The monoisotopic (exact) mass is 607 g/mol. The van der Waals surface area contributed by atoms with Crippen LogP contribution in [0, 0.1) is 0 Å². The standard InChI is InChI=1S/C31H46NO9P/c1-2-3-4-5-6-7-8-9-12-20-38-29-17-11-10-16-27(29)18-19-30(33)39-22-25-14-13-15-26(21-25)23-40-42(36,37)41-24-28(32)31(34)35/h10-11,13-17,21,28H,2-9,12,18-20,22-24,32H2,1H3,(H,34,35)(H,36,37). The first kappa shape index (κ1) is 35.4. The number of para-hydroxylation sites is 1. The summed E-state index contributed by atoms with van der Waals surface area (Å²) < 4.78 is 32.9. The number of hydrogen-bond acceptors (Lipinski definition) is 8. The number of phosphoric ester groups is 1. The summed E-state index contributed by atoms with van der Waals surface area (Å²) in [4.78, 5) is 32.9. The van der Waals surface area contributed by atoms with E-state index in [0.29, 0.717) is 24.2 Å². The number of carbonyl (C=O) groups is 2. The molecule has 2 atom stereocenters. The second kappa shape index (κ2) is 20.2. The lowest BCUT2D eigenvalue weighted by Crippen LogP contribution is -2.34. The molecule has 0 aliphatic rings. The Kier molecular flexibility index (Phi) is 17.1. The van der Waals surface area contributed by atoms with Gasteiger partial charge in [0, 0.05) is 6.42 Å². The molecule has 10 nitrogen and oxygen atoms in total. The van der Waals surface area contributed by atoms with Gasteiger partial charge in [0.15, 0.2) is 0 Å². The fraction of sp³-hybridized carbons (Fsp3) is 0.548. The van der Waals surface area contributed by atoms with Crippen molar-refractivity contribution in [1.82, 2.24) is 0 Å². The topological polar surface area (TPSA) is 155 Å². The quantitative estimate of drug-likeness (QED) is 0.0743. The number of carbonyl (C=O) groups excluding carboxylic acids is 1. The molecular formula is C31H46NO9P. The highest BCUT2D eigenvalue weighted by atomic mass is 31.2. The predicted molar refractivity (Wildman–Crippen MR) is 160 cm³/mol. The second-order valence-electron chi connectivity index (χ2n) is 10.2. The largest absolute Gasteiger partial charge is 0.493 e. The lowest BCUT2D eigenvalue weighted by Gasteiger charge is -2.14. The van der Waals surface area contributed by atoms with Gasteiger partial charge in [-0.2, -0.15) is 0 Å². The maximum absolute atomic E-state index is 12.4. The molecule has 2 aromatic rings. The van der Waals surface area contributed by atoms with E-state index in [0.717, 1.165) is 24.2 Å². The Bertz CT molecular complexity index is 1130. The molecule has 0 bridgehead atoms. The summed E-state index contributed by atoms with van der Waals surface area (Å²) in [6.07, 6.45) is 12.0. The zero-order valence-electron chi connectivity index (χ0n) is 24.6. The van der Waals surface area contributed by atoms with E-state index in [4.69, 9.17) is 24.8 Å². The van der Waals surface area contributed by atoms with Gasteiger partial charge in [0.25, 0.3) is 0 Å². The van der Waals surface area contributed by atoms with Crippen LogP contribution >= 0.6 is 7.82 Å². The van der Waals surface area contributed by atoms with Crippen LogP contribution in [0.4, 0.5) is 0 Å². The number of hydrogen-bond donors (Lipinski definition) is 3. The molecule has 2 aromatic carbocycles. The zero-order valence-corrected chi connectivity index (χ0v) is 25.5. The zero-order chi connectivity index (χ0) is 30.6. The molecule has 0 saturated carbocycles. The van der Waals surface area contributed by atoms with Gasteiger partial charge in [-0.15, -0.1) is 0 Å². The second-order valence-corrected chi connectivity index (χ2v) is 11.7. The molecule has 0 radical (unpaired) electrons. The van der Waals surface area contributed by atoms with Gasteiger partial charge in [0.05, 0.1) is 19.8 Å². The molecule has 2 unspecified atom stereocenters. The number of rotatable bonds is 23. The minimum absolute atomic E-state index is 0.0319.